The van der Waals surface area contributed by atoms with Gasteiger partial charge in [-0.1, -0.05) is 35.0 Å². The fraction of sp³-hybridized carbons (Fsp3) is 0.211. The molecule has 2 amide bonds. The van der Waals surface area contributed by atoms with Crippen molar-refractivity contribution >= 4 is 28.9 Å². The molecule has 2 heterocycles. The van der Waals surface area contributed by atoms with Gasteiger partial charge in [-0.2, -0.15) is 0 Å². The van der Waals surface area contributed by atoms with Gasteiger partial charge in [0.05, 0.1) is 22.7 Å². The maximum absolute atomic E-state index is 13.0. The molecular formula is C19H15N3O5. The highest BCUT2D eigenvalue weighted by Gasteiger charge is 2.58. The largest absolute Gasteiger partial charge is 0.378 e. The van der Waals surface area contributed by atoms with Crippen molar-refractivity contribution in [1.82, 2.24) is 0 Å². The van der Waals surface area contributed by atoms with Gasteiger partial charge in [0.15, 0.2) is 0 Å². The molecule has 2 aromatic rings. The normalized spacial score (nSPS) is 21.5. The van der Waals surface area contributed by atoms with Crippen molar-refractivity contribution in [3.05, 3.63) is 69.8 Å². The van der Waals surface area contributed by atoms with Crippen LogP contribution in [-0.2, 0) is 14.4 Å². The molecule has 27 heavy (non-hydrogen) atoms. The van der Waals surface area contributed by atoms with E-state index in [0.717, 1.165) is 10.5 Å². The van der Waals surface area contributed by atoms with Gasteiger partial charge in [-0.15, -0.1) is 0 Å². The van der Waals surface area contributed by atoms with E-state index >= 15 is 0 Å². The Hall–Kier alpha value is -3.55. The minimum atomic E-state index is -1.39. The summed E-state index contributed by atoms with van der Waals surface area (Å²) in [4.78, 5) is 42.5. The number of oxime groups is 1. The van der Waals surface area contributed by atoms with E-state index in [0.29, 0.717) is 17.0 Å². The van der Waals surface area contributed by atoms with Gasteiger partial charge in [0.2, 0.25) is 11.5 Å². The summed E-state index contributed by atoms with van der Waals surface area (Å²) >= 11 is 0. The molecule has 2 aromatic carbocycles. The van der Waals surface area contributed by atoms with Crippen molar-refractivity contribution in [2.24, 2.45) is 5.16 Å². The monoisotopic (exact) mass is 365 g/mol. The number of benzene rings is 2. The minimum Gasteiger partial charge on any atom is -0.378 e. The number of amides is 2. The van der Waals surface area contributed by atoms with Gasteiger partial charge in [-0.05, 0) is 19.1 Å². The predicted molar refractivity (Wildman–Crippen MR) is 96.4 cm³/mol. The van der Waals surface area contributed by atoms with E-state index in [4.69, 9.17) is 4.84 Å². The molecule has 0 aliphatic carbocycles. The number of hydrogen-bond donors (Lipinski definition) is 0. The van der Waals surface area contributed by atoms with Crippen molar-refractivity contribution in [2.75, 3.05) is 4.90 Å². The van der Waals surface area contributed by atoms with Crippen molar-refractivity contribution in [1.29, 1.82) is 0 Å². The van der Waals surface area contributed by atoms with Crippen LogP contribution in [0.1, 0.15) is 24.0 Å². The van der Waals surface area contributed by atoms with Gasteiger partial charge < -0.3 is 4.84 Å². The van der Waals surface area contributed by atoms with Crippen molar-refractivity contribution in [3.8, 4) is 0 Å². The number of non-ortho nitro benzene ring substituents is 1. The molecule has 0 aromatic heterocycles. The summed E-state index contributed by atoms with van der Waals surface area (Å²) in [6.45, 7) is 1.91. The van der Waals surface area contributed by atoms with Crippen LogP contribution < -0.4 is 4.90 Å². The molecule has 1 fully saturated rings. The molecule has 8 nitrogen and oxygen atoms in total. The predicted octanol–water partition coefficient (Wildman–Crippen LogP) is 2.73. The molecule has 1 saturated heterocycles. The van der Waals surface area contributed by atoms with Gasteiger partial charge in [0.25, 0.3) is 11.6 Å². The number of anilines is 1. The molecule has 136 valence electrons. The first-order chi connectivity index (χ1) is 12.9. The molecule has 1 atom stereocenters. The second-order valence-electron chi connectivity index (χ2n) is 6.65. The molecule has 0 saturated carbocycles. The third-order valence-corrected chi connectivity index (χ3v) is 4.74. The van der Waals surface area contributed by atoms with E-state index in [1.807, 2.05) is 19.1 Å². The van der Waals surface area contributed by atoms with Crippen LogP contribution in [-0.4, -0.2) is 28.1 Å². The van der Waals surface area contributed by atoms with Crippen LogP contribution in [0.4, 0.5) is 11.4 Å². The van der Waals surface area contributed by atoms with Crippen molar-refractivity contribution < 1.29 is 19.3 Å². The maximum Gasteiger partial charge on any atom is 0.281 e. The number of nitro benzene ring substituents is 1. The summed E-state index contributed by atoms with van der Waals surface area (Å²) in [5.41, 5.74) is 0.940. The van der Waals surface area contributed by atoms with Crippen molar-refractivity contribution in [2.45, 2.75) is 25.4 Å². The first-order valence-electron chi connectivity index (χ1n) is 8.34. The second kappa shape index (κ2) is 6.01. The van der Waals surface area contributed by atoms with E-state index < -0.39 is 16.4 Å². The number of nitrogens with zero attached hydrogens (tertiary/aromatic N) is 3. The Morgan fingerprint density at radius 1 is 1.15 bits per heavy atom. The number of imide groups is 1. The third kappa shape index (κ3) is 2.75. The molecule has 8 heteroatoms. The standard InChI is InChI=1S/C19H15N3O5/c1-12-5-7-14(8-6-12)21-17(23)11-19(18(21)24)10-16(20-27-19)13-3-2-4-15(9-13)22(25)26/h2-9H,10-11H2,1H3. The second-order valence-corrected chi connectivity index (χ2v) is 6.65. The lowest BCUT2D eigenvalue weighted by molar-refractivity contribution is -0.384. The number of carbonyl (C=O) groups excluding carboxylic acids is 2. The fourth-order valence-corrected chi connectivity index (χ4v) is 3.31. The van der Waals surface area contributed by atoms with Gasteiger partial charge in [-0.25, -0.2) is 4.90 Å². The number of nitro groups is 1. The Morgan fingerprint density at radius 3 is 2.59 bits per heavy atom. The molecule has 2 aliphatic heterocycles. The summed E-state index contributed by atoms with van der Waals surface area (Å²) < 4.78 is 0. The fourth-order valence-electron chi connectivity index (χ4n) is 3.31. The molecule has 0 N–H and O–H groups in total. The van der Waals surface area contributed by atoms with Gasteiger partial charge in [0, 0.05) is 24.1 Å². The Bertz CT molecular complexity index is 999. The Morgan fingerprint density at radius 2 is 1.89 bits per heavy atom. The van der Waals surface area contributed by atoms with Crippen LogP contribution in [0.2, 0.25) is 0 Å². The smallest absolute Gasteiger partial charge is 0.281 e. The van der Waals surface area contributed by atoms with Crippen LogP contribution >= 0.6 is 0 Å². The SMILES string of the molecule is Cc1ccc(N2C(=O)CC3(CC(c4cccc([N+](=O)[O-])c4)=NO3)C2=O)cc1. The van der Waals surface area contributed by atoms with E-state index in [1.54, 1.807) is 24.3 Å². The average Bonchev–Trinajstić information content (AvgIpc) is 3.18. The van der Waals surface area contributed by atoms with Gasteiger partial charge in [0.1, 0.15) is 0 Å². The number of aryl methyl sites for hydroxylation is 1. The van der Waals surface area contributed by atoms with Gasteiger partial charge >= 0.3 is 0 Å². The zero-order valence-corrected chi connectivity index (χ0v) is 14.4. The third-order valence-electron chi connectivity index (χ3n) is 4.74. The minimum absolute atomic E-state index is 0.0775. The Balaban J connectivity index is 1.60. The van der Waals surface area contributed by atoms with E-state index in [9.17, 15) is 19.7 Å². The Labute approximate surface area is 154 Å². The zero-order valence-electron chi connectivity index (χ0n) is 14.4. The maximum atomic E-state index is 13.0. The molecule has 0 bridgehead atoms. The lowest BCUT2D eigenvalue weighted by Crippen LogP contribution is -2.40. The highest BCUT2D eigenvalue weighted by molar-refractivity contribution is 6.25. The number of carbonyl (C=O) groups is 2. The average molecular weight is 365 g/mol. The van der Waals surface area contributed by atoms with Crippen LogP contribution in [0.3, 0.4) is 0 Å². The van der Waals surface area contributed by atoms with Crippen LogP contribution in [0.5, 0.6) is 0 Å². The molecule has 1 spiro atoms. The van der Waals surface area contributed by atoms with E-state index in [2.05, 4.69) is 5.16 Å². The molecule has 1 unspecified atom stereocenters. The highest BCUT2D eigenvalue weighted by Crippen LogP contribution is 2.39. The lowest BCUT2D eigenvalue weighted by atomic mass is 9.92. The first kappa shape index (κ1) is 16.9. The lowest BCUT2D eigenvalue weighted by Gasteiger charge is -2.19. The van der Waals surface area contributed by atoms with E-state index in [-0.39, 0.29) is 24.4 Å². The molecule has 2 aliphatic rings. The van der Waals surface area contributed by atoms with Crippen LogP contribution in [0.15, 0.2) is 53.7 Å². The molecular weight excluding hydrogens is 350 g/mol. The summed E-state index contributed by atoms with van der Waals surface area (Å²) in [6.07, 6.45) is -0.0389. The summed E-state index contributed by atoms with van der Waals surface area (Å²) in [7, 11) is 0. The van der Waals surface area contributed by atoms with Crippen molar-refractivity contribution in [3.63, 3.8) is 0 Å². The number of hydrogen-bond acceptors (Lipinski definition) is 6. The molecule has 0 radical (unpaired) electrons. The van der Waals surface area contributed by atoms with Crippen LogP contribution in [0.25, 0.3) is 0 Å². The topological polar surface area (TPSA) is 102 Å². The molecule has 4 rings (SSSR count). The van der Waals surface area contributed by atoms with E-state index in [1.165, 1.54) is 12.1 Å². The highest BCUT2D eigenvalue weighted by atomic mass is 16.7. The summed E-state index contributed by atoms with van der Waals surface area (Å²) in [5, 5.41) is 14.9. The Kier molecular flexibility index (Phi) is 3.76. The van der Waals surface area contributed by atoms with Gasteiger partial charge in [-0.3, -0.25) is 19.7 Å². The first-order valence-corrected chi connectivity index (χ1v) is 8.34. The zero-order chi connectivity index (χ0) is 19.2. The number of rotatable bonds is 3. The quantitative estimate of drug-likeness (QED) is 0.473. The van der Waals surface area contributed by atoms with Crippen LogP contribution in [0, 0.1) is 17.0 Å². The summed E-state index contributed by atoms with van der Waals surface area (Å²) in [6, 6.07) is 13.0. The summed E-state index contributed by atoms with van der Waals surface area (Å²) in [5.74, 6) is -0.833.